The molecule has 0 radical (unpaired) electrons. The lowest BCUT2D eigenvalue weighted by Crippen LogP contribution is -2.48. The summed E-state index contributed by atoms with van der Waals surface area (Å²) in [7, 11) is 0. The molecule has 1 amide bonds. The number of esters is 1. The molecular weight excluding hydrogens is 464 g/mol. The van der Waals surface area contributed by atoms with Gasteiger partial charge in [-0.05, 0) is 62.9 Å². The Morgan fingerprint density at radius 2 is 1.85 bits per heavy atom. The molecule has 0 bridgehead atoms. The monoisotopic (exact) mass is 495 g/mol. The number of nitrogens with zero attached hydrogens (tertiary/aromatic N) is 1. The second-order valence-corrected chi connectivity index (χ2v) is 9.78. The lowest BCUT2D eigenvalue weighted by molar-refractivity contribution is -0.131. The van der Waals surface area contributed by atoms with Crippen LogP contribution in [0.15, 0.2) is 24.3 Å². The zero-order valence-corrected chi connectivity index (χ0v) is 20.3. The van der Waals surface area contributed by atoms with Crippen molar-refractivity contribution in [2.75, 3.05) is 11.9 Å². The van der Waals surface area contributed by atoms with Crippen molar-refractivity contribution >= 4 is 40.9 Å². The molecule has 1 aromatic carbocycles. The van der Waals surface area contributed by atoms with Crippen molar-refractivity contribution in [3.63, 3.8) is 0 Å². The van der Waals surface area contributed by atoms with E-state index < -0.39 is 24.0 Å². The first-order valence-electron chi connectivity index (χ1n) is 12.0. The fourth-order valence-corrected chi connectivity index (χ4v) is 6.20. The molecule has 34 heavy (non-hydrogen) atoms. The number of hydrogen-bond donors (Lipinski definition) is 2. The fourth-order valence-electron chi connectivity index (χ4n) is 6.20. The predicted molar refractivity (Wildman–Crippen MR) is 129 cm³/mol. The van der Waals surface area contributed by atoms with Gasteiger partial charge in [-0.3, -0.25) is 9.36 Å². The van der Waals surface area contributed by atoms with Crippen molar-refractivity contribution in [1.82, 2.24) is 9.88 Å². The Bertz CT molecular complexity index is 1070. The van der Waals surface area contributed by atoms with Crippen LogP contribution in [0, 0.1) is 11.8 Å². The van der Waals surface area contributed by atoms with Crippen LogP contribution in [0.3, 0.4) is 0 Å². The lowest BCUT2D eigenvalue weighted by Gasteiger charge is -2.33. The molecular formula is C25H32ClF2N3O3. The number of anilines is 1. The summed E-state index contributed by atoms with van der Waals surface area (Å²) in [6.07, 6.45) is 3.67. The third-order valence-electron chi connectivity index (χ3n) is 7.83. The molecule has 2 aliphatic heterocycles. The van der Waals surface area contributed by atoms with Gasteiger partial charge in [-0.25, -0.2) is 13.6 Å². The summed E-state index contributed by atoms with van der Waals surface area (Å²) in [5.74, 6) is 0.125. The van der Waals surface area contributed by atoms with Crippen LogP contribution in [0.2, 0.25) is 0 Å². The minimum absolute atomic E-state index is 0. The van der Waals surface area contributed by atoms with E-state index in [9.17, 15) is 18.4 Å². The number of carbonyl (C=O) groups excluding carboxylic acids is 2. The third kappa shape index (κ3) is 3.88. The first kappa shape index (κ1) is 24.9. The number of amides is 1. The molecule has 3 aliphatic rings. The Hall–Kier alpha value is -2.19. The van der Waals surface area contributed by atoms with Gasteiger partial charge < -0.3 is 15.4 Å². The van der Waals surface area contributed by atoms with Crippen LogP contribution in [0.5, 0.6) is 0 Å². The molecule has 1 aliphatic carbocycles. The number of alkyl halides is 2. The zero-order valence-electron chi connectivity index (χ0n) is 19.5. The molecule has 1 saturated heterocycles. The Kier molecular flexibility index (Phi) is 6.93. The van der Waals surface area contributed by atoms with Crippen LogP contribution in [-0.4, -0.2) is 41.4 Å². The van der Waals surface area contributed by atoms with Gasteiger partial charge in [0.05, 0.1) is 11.6 Å². The zero-order chi connectivity index (χ0) is 23.3. The van der Waals surface area contributed by atoms with E-state index >= 15 is 0 Å². The van der Waals surface area contributed by atoms with E-state index in [0.29, 0.717) is 28.4 Å². The van der Waals surface area contributed by atoms with Crippen molar-refractivity contribution in [2.45, 2.75) is 76.5 Å². The summed E-state index contributed by atoms with van der Waals surface area (Å²) >= 11 is 0. The van der Waals surface area contributed by atoms with Crippen LogP contribution in [-0.2, 0) is 15.3 Å². The number of cyclic esters (lactones) is 1. The second-order valence-electron chi connectivity index (χ2n) is 9.78. The number of benzene rings is 1. The van der Waals surface area contributed by atoms with Crippen LogP contribution in [0.4, 0.5) is 14.5 Å². The number of rotatable bonds is 5. The van der Waals surface area contributed by atoms with E-state index in [1.807, 2.05) is 0 Å². The molecule has 6 nitrogen and oxygen atoms in total. The van der Waals surface area contributed by atoms with Gasteiger partial charge in [0.2, 0.25) is 5.91 Å². The molecule has 9 heteroatoms. The van der Waals surface area contributed by atoms with Gasteiger partial charge in [-0.15, -0.1) is 12.4 Å². The molecule has 4 atom stereocenters. The summed E-state index contributed by atoms with van der Waals surface area (Å²) in [6, 6.07) is 6.48. The topological polar surface area (TPSA) is 72.4 Å². The number of nitrogens with one attached hydrogen (secondary N) is 2. The van der Waals surface area contributed by atoms with Gasteiger partial charge in [-0.2, -0.15) is 0 Å². The van der Waals surface area contributed by atoms with Gasteiger partial charge >= 0.3 is 5.97 Å². The van der Waals surface area contributed by atoms with Gasteiger partial charge in [0.1, 0.15) is 5.69 Å². The first-order chi connectivity index (χ1) is 15.8. The van der Waals surface area contributed by atoms with Crippen LogP contribution >= 0.6 is 12.4 Å². The number of hydrogen-bond acceptors (Lipinski definition) is 4. The van der Waals surface area contributed by atoms with Crippen LogP contribution < -0.4 is 10.6 Å². The number of halogens is 3. The largest absolute Gasteiger partial charge is 0.427 e. The second kappa shape index (κ2) is 9.46. The number of ether oxygens (including phenoxy) is 1. The molecule has 3 heterocycles. The Morgan fingerprint density at radius 1 is 1.15 bits per heavy atom. The van der Waals surface area contributed by atoms with Crippen LogP contribution in [0.1, 0.15) is 62.9 Å². The highest BCUT2D eigenvalue weighted by atomic mass is 35.5. The molecule has 2 N–H and O–H groups in total. The summed E-state index contributed by atoms with van der Waals surface area (Å²) in [6.45, 7) is 3.23. The molecule has 2 aromatic rings. The quantitative estimate of drug-likeness (QED) is 0.566. The van der Waals surface area contributed by atoms with E-state index in [2.05, 4.69) is 10.6 Å². The highest BCUT2D eigenvalue weighted by Gasteiger charge is 2.55. The first-order valence-corrected chi connectivity index (χ1v) is 12.0. The van der Waals surface area contributed by atoms with Crippen molar-refractivity contribution in [1.29, 1.82) is 0 Å². The SMILES string of the molecule is CC(F)C1(C(C)F)OC(=O)c2cc3cc(NC(=O)[C@H]4NCC[C@H]4C4CCCCC4)ccc3n21.Cl. The molecule has 2 fully saturated rings. The number of carbonyl (C=O) groups is 2. The van der Waals surface area contributed by atoms with Gasteiger partial charge in [0.15, 0.2) is 12.3 Å². The minimum Gasteiger partial charge on any atom is -0.427 e. The number of aromatic nitrogens is 1. The van der Waals surface area contributed by atoms with Crippen molar-refractivity contribution in [3.05, 3.63) is 30.0 Å². The molecule has 1 aromatic heterocycles. The maximum Gasteiger partial charge on any atom is 0.357 e. The van der Waals surface area contributed by atoms with Crippen LogP contribution in [0.25, 0.3) is 10.9 Å². The van der Waals surface area contributed by atoms with Crippen molar-refractivity contribution < 1.29 is 23.1 Å². The van der Waals surface area contributed by atoms with Gasteiger partial charge in [0, 0.05) is 11.1 Å². The van der Waals surface area contributed by atoms with Crippen molar-refractivity contribution in [3.8, 4) is 0 Å². The summed E-state index contributed by atoms with van der Waals surface area (Å²) < 4.78 is 35.7. The van der Waals surface area contributed by atoms with E-state index in [4.69, 9.17) is 4.74 Å². The Morgan fingerprint density at radius 3 is 2.53 bits per heavy atom. The standard InChI is InChI=1S/C25H31F2N3O3.ClH/c1-14(26)25(15(2)27)30-20-9-8-18(12-17(20)13-21(30)24(32)33-25)29-23(31)22-19(10-11-28-22)16-6-4-3-5-7-16;/h8-9,12-16,19,22,28H,3-7,10-11H2,1-2H3,(H,29,31);1H/t14?,15?,19-,22-,25?;/m0./s1. The number of fused-ring (bicyclic) bond motifs is 3. The average molecular weight is 496 g/mol. The molecule has 2 unspecified atom stereocenters. The Balaban J connectivity index is 0.00000274. The molecule has 1 saturated carbocycles. The van der Waals surface area contributed by atoms with E-state index in [0.717, 1.165) is 13.0 Å². The molecule has 0 spiro atoms. The highest BCUT2D eigenvalue weighted by Crippen LogP contribution is 2.43. The van der Waals surface area contributed by atoms with Crippen molar-refractivity contribution in [2.24, 2.45) is 11.8 Å². The normalized spacial score (nSPS) is 28.8. The third-order valence-corrected chi connectivity index (χ3v) is 7.83. The summed E-state index contributed by atoms with van der Waals surface area (Å²) in [4.78, 5) is 25.6. The van der Waals surface area contributed by atoms with E-state index in [1.54, 1.807) is 24.3 Å². The van der Waals surface area contributed by atoms with Gasteiger partial charge in [-0.1, -0.05) is 32.1 Å². The predicted octanol–water partition coefficient (Wildman–Crippen LogP) is 5.10. The summed E-state index contributed by atoms with van der Waals surface area (Å²) in [5, 5.41) is 7.00. The maximum absolute atomic E-state index is 14.6. The molecule has 186 valence electrons. The highest BCUT2D eigenvalue weighted by molar-refractivity contribution is 6.01. The smallest absolute Gasteiger partial charge is 0.357 e. The van der Waals surface area contributed by atoms with E-state index in [-0.39, 0.29) is 30.0 Å². The Labute approximate surface area is 204 Å². The average Bonchev–Trinajstić information content (AvgIpc) is 3.49. The minimum atomic E-state index is -2.03. The van der Waals surface area contributed by atoms with E-state index in [1.165, 1.54) is 50.5 Å². The molecule has 5 rings (SSSR count). The van der Waals surface area contributed by atoms with Gasteiger partial charge in [0.25, 0.3) is 5.72 Å². The maximum atomic E-state index is 14.6. The summed E-state index contributed by atoms with van der Waals surface area (Å²) in [5.41, 5.74) is -0.840. The lowest BCUT2D eigenvalue weighted by atomic mass is 9.76. The fraction of sp³-hybridized carbons (Fsp3) is 0.600.